The minimum atomic E-state index is -0.310. The molecule has 2 aromatic rings. The Morgan fingerprint density at radius 3 is 2.93 bits per heavy atom. The van der Waals surface area contributed by atoms with Crippen molar-refractivity contribution in [2.75, 3.05) is 24.5 Å². The van der Waals surface area contributed by atoms with Crippen LogP contribution in [0.25, 0.3) is 5.82 Å². The summed E-state index contributed by atoms with van der Waals surface area (Å²) in [6, 6.07) is 8.31. The van der Waals surface area contributed by atoms with Gasteiger partial charge in [-0.05, 0) is 50.5 Å². The van der Waals surface area contributed by atoms with Gasteiger partial charge < -0.3 is 19.5 Å². The number of likely N-dealkylation sites (tertiary alicyclic amines) is 1. The number of hydrogen-bond acceptors (Lipinski definition) is 4. The number of aromatic nitrogens is 2. The third kappa shape index (κ3) is 2.44. The van der Waals surface area contributed by atoms with Gasteiger partial charge in [0, 0.05) is 37.9 Å². The molecule has 1 saturated heterocycles. The van der Waals surface area contributed by atoms with Gasteiger partial charge in [-0.3, -0.25) is 4.79 Å². The number of carbonyl (C=O) groups excluding carboxylic acids is 1. The maximum Gasteiger partial charge on any atom is 0.225 e. The van der Waals surface area contributed by atoms with Crippen molar-refractivity contribution in [3.63, 3.8) is 0 Å². The van der Waals surface area contributed by atoms with Crippen LogP contribution in [-0.2, 0) is 10.3 Å². The number of aliphatic hydroxyl groups excluding tert-OH is 1. The summed E-state index contributed by atoms with van der Waals surface area (Å²) < 4.78 is 2.17. The highest BCUT2D eigenvalue weighted by Crippen LogP contribution is 2.47. The number of carbonyl (C=O) groups is 1. The van der Waals surface area contributed by atoms with E-state index in [1.54, 1.807) is 0 Å². The summed E-state index contributed by atoms with van der Waals surface area (Å²) in [5, 5.41) is 9.61. The molecule has 28 heavy (non-hydrogen) atoms. The molecular formula is C22H26N4O2. The smallest absolute Gasteiger partial charge is 0.225 e. The van der Waals surface area contributed by atoms with Crippen LogP contribution in [0.15, 0.2) is 48.8 Å². The van der Waals surface area contributed by atoms with Gasteiger partial charge in [-0.2, -0.15) is 0 Å². The molecule has 1 amide bonds. The number of pyridine rings is 1. The van der Waals surface area contributed by atoms with Crippen molar-refractivity contribution in [2.45, 2.75) is 37.8 Å². The number of fused-ring (bicyclic) bond motifs is 4. The summed E-state index contributed by atoms with van der Waals surface area (Å²) in [5.74, 6) is 1.10. The Kier molecular flexibility index (Phi) is 3.88. The quantitative estimate of drug-likeness (QED) is 0.834. The topological polar surface area (TPSA) is 61.6 Å². The van der Waals surface area contributed by atoms with Crippen molar-refractivity contribution in [3.8, 4) is 5.82 Å². The summed E-state index contributed by atoms with van der Waals surface area (Å²) in [6.45, 7) is 8.32. The fraction of sp³-hybridized carbons (Fsp3) is 0.455. The molecule has 1 spiro atoms. The van der Waals surface area contributed by atoms with Crippen molar-refractivity contribution in [3.05, 3.63) is 54.5 Å². The predicted octanol–water partition coefficient (Wildman–Crippen LogP) is 2.47. The van der Waals surface area contributed by atoms with Crippen LogP contribution in [0.4, 0.5) is 5.69 Å². The number of rotatable bonds is 3. The Balaban J connectivity index is 1.56. The molecular weight excluding hydrogens is 352 g/mol. The van der Waals surface area contributed by atoms with Crippen LogP contribution in [0.3, 0.4) is 0 Å². The Morgan fingerprint density at radius 2 is 2.18 bits per heavy atom. The van der Waals surface area contributed by atoms with Gasteiger partial charge in [0.2, 0.25) is 5.91 Å². The van der Waals surface area contributed by atoms with Crippen molar-refractivity contribution < 1.29 is 9.90 Å². The second-order valence-electron chi connectivity index (χ2n) is 8.52. The van der Waals surface area contributed by atoms with Crippen molar-refractivity contribution in [1.82, 2.24) is 14.5 Å². The summed E-state index contributed by atoms with van der Waals surface area (Å²) >= 11 is 0. The lowest BCUT2D eigenvalue weighted by Gasteiger charge is -2.47. The fourth-order valence-electron chi connectivity index (χ4n) is 5.06. The molecule has 5 rings (SSSR count). The average Bonchev–Trinajstić information content (AvgIpc) is 3.30. The molecule has 4 heterocycles. The lowest BCUT2D eigenvalue weighted by Crippen LogP contribution is -2.54. The molecule has 0 bridgehead atoms. The number of anilines is 1. The zero-order valence-corrected chi connectivity index (χ0v) is 16.2. The number of nitrogens with zero attached hydrogens (tertiary/aromatic N) is 4. The Bertz CT molecular complexity index is 946. The molecule has 1 atom stereocenters. The minimum Gasteiger partial charge on any atom is -0.393 e. The SMILES string of the molecule is C=C(C)CN1c2cccnc2-n2cccc2C12CCN(C(=O)C1CC(O)C1)C2. The van der Waals surface area contributed by atoms with E-state index < -0.39 is 0 Å². The fourth-order valence-corrected chi connectivity index (χ4v) is 5.06. The first-order valence-electron chi connectivity index (χ1n) is 10.0. The maximum atomic E-state index is 13.0. The van der Waals surface area contributed by atoms with Gasteiger partial charge in [-0.25, -0.2) is 4.98 Å². The largest absolute Gasteiger partial charge is 0.393 e. The van der Waals surface area contributed by atoms with Crippen LogP contribution in [0.1, 0.15) is 31.9 Å². The van der Waals surface area contributed by atoms with E-state index in [0.717, 1.165) is 36.6 Å². The first-order valence-corrected chi connectivity index (χ1v) is 10.0. The van der Waals surface area contributed by atoms with Crippen LogP contribution in [0.2, 0.25) is 0 Å². The predicted molar refractivity (Wildman–Crippen MR) is 107 cm³/mol. The molecule has 0 aromatic carbocycles. The summed E-state index contributed by atoms with van der Waals surface area (Å²) in [4.78, 5) is 22.0. The van der Waals surface area contributed by atoms with Gasteiger partial charge >= 0.3 is 0 Å². The molecule has 1 aliphatic carbocycles. The van der Waals surface area contributed by atoms with Crippen molar-refractivity contribution in [1.29, 1.82) is 0 Å². The van der Waals surface area contributed by atoms with E-state index in [4.69, 9.17) is 0 Å². The second-order valence-corrected chi connectivity index (χ2v) is 8.52. The highest BCUT2D eigenvalue weighted by molar-refractivity contribution is 5.81. The van der Waals surface area contributed by atoms with Gasteiger partial charge in [0.1, 0.15) is 5.54 Å². The summed E-state index contributed by atoms with van der Waals surface area (Å²) in [5.41, 5.74) is 3.07. The Morgan fingerprint density at radius 1 is 1.36 bits per heavy atom. The highest BCUT2D eigenvalue weighted by Gasteiger charge is 2.51. The molecule has 1 saturated carbocycles. The summed E-state index contributed by atoms with van der Waals surface area (Å²) in [7, 11) is 0. The van der Waals surface area contributed by atoms with Crippen molar-refractivity contribution in [2.24, 2.45) is 5.92 Å². The van der Waals surface area contributed by atoms with Gasteiger partial charge in [-0.1, -0.05) is 12.2 Å². The lowest BCUT2D eigenvalue weighted by molar-refractivity contribution is -0.141. The molecule has 6 nitrogen and oxygen atoms in total. The third-order valence-corrected chi connectivity index (χ3v) is 6.48. The first kappa shape index (κ1) is 17.5. The van der Waals surface area contributed by atoms with Crippen LogP contribution >= 0.6 is 0 Å². The molecule has 1 N–H and O–H groups in total. The normalized spacial score (nSPS) is 28.1. The number of amides is 1. The van der Waals surface area contributed by atoms with Crippen molar-refractivity contribution >= 4 is 11.6 Å². The van der Waals surface area contributed by atoms with E-state index in [2.05, 4.69) is 45.4 Å². The second kappa shape index (κ2) is 6.21. The molecule has 6 heteroatoms. The highest BCUT2D eigenvalue weighted by atomic mass is 16.3. The standard InChI is InChI=1S/C22H26N4O2/c1-15(2)13-26-18-5-3-8-23-20(18)25-9-4-6-19(25)22(26)7-10-24(14-22)21(28)16-11-17(27)12-16/h3-6,8-9,16-17,27H,1,7,10-14H2,2H3. The van der Waals surface area contributed by atoms with E-state index in [0.29, 0.717) is 19.4 Å². The van der Waals surface area contributed by atoms with E-state index in [9.17, 15) is 9.90 Å². The molecule has 146 valence electrons. The number of aliphatic hydroxyl groups is 1. The first-order chi connectivity index (χ1) is 13.5. The molecule has 0 radical (unpaired) electrons. The molecule has 2 fully saturated rings. The van der Waals surface area contributed by atoms with E-state index in [1.165, 1.54) is 5.69 Å². The van der Waals surface area contributed by atoms with Gasteiger partial charge in [-0.15, -0.1) is 0 Å². The summed E-state index contributed by atoms with van der Waals surface area (Å²) in [6.07, 6.45) is 5.65. The van der Waals surface area contributed by atoms with E-state index in [-0.39, 0.29) is 23.5 Å². The zero-order valence-electron chi connectivity index (χ0n) is 16.2. The monoisotopic (exact) mass is 378 g/mol. The molecule has 1 unspecified atom stereocenters. The Hall–Kier alpha value is -2.60. The zero-order chi connectivity index (χ0) is 19.5. The van der Waals surface area contributed by atoms with Gasteiger partial charge in [0.05, 0.1) is 17.5 Å². The minimum absolute atomic E-state index is 0.0240. The molecule has 2 aromatic heterocycles. The van der Waals surface area contributed by atoms with Gasteiger partial charge in [0.15, 0.2) is 5.82 Å². The third-order valence-electron chi connectivity index (χ3n) is 6.48. The molecule has 2 aliphatic heterocycles. The lowest BCUT2D eigenvalue weighted by atomic mass is 9.81. The van der Waals surface area contributed by atoms with Crippen LogP contribution < -0.4 is 4.90 Å². The van der Waals surface area contributed by atoms with E-state index in [1.807, 2.05) is 24.1 Å². The average molecular weight is 378 g/mol. The molecule has 3 aliphatic rings. The Labute approximate surface area is 165 Å². The van der Waals surface area contributed by atoms with Crippen LogP contribution in [-0.4, -0.2) is 51.2 Å². The van der Waals surface area contributed by atoms with Crippen LogP contribution in [0, 0.1) is 5.92 Å². The maximum absolute atomic E-state index is 13.0. The van der Waals surface area contributed by atoms with Gasteiger partial charge in [0.25, 0.3) is 0 Å². The number of hydrogen-bond donors (Lipinski definition) is 1. The van der Waals surface area contributed by atoms with E-state index >= 15 is 0 Å². The van der Waals surface area contributed by atoms with Crippen LogP contribution in [0.5, 0.6) is 0 Å².